The van der Waals surface area contributed by atoms with Gasteiger partial charge in [0, 0.05) is 12.0 Å². The van der Waals surface area contributed by atoms with Crippen molar-refractivity contribution in [1.82, 2.24) is 10.6 Å². The van der Waals surface area contributed by atoms with Crippen LogP contribution in [0, 0.1) is 26.7 Å². The Hall–Kier alpha value is -3.42. The maximum absolute atomic E-state index is 13.5. The molecule has 0 fully saturated rings. The van der Waals surface area contributed by atoms with Crippen LogP contribution in [-0.4, -0.2) is 42.0 Å². The Morgan fingerprint density at radius 3 is 2.31 bits per heavy atom. The summed E-state index contributed by atoms with van der Waals surface area (Å²) in [6.45, 7) is 12.3. The Labute approximate surface area is 230 Å². The van der Waals surface area contributed by atoms with E-state index in [0.29, 0.717) is 25.2 Å². The first kappa shape index (κ1) is 30.1. The first-order chi connectivity index (χ1) is 18.4. The summed E-state index contributed by atoms with van der Waals surface area (Å²) in [6.07, 6.45) is 1.28. The summed E-state index contributed by atoms with van der Waals surface area (Å²) in [5.74, 6) is -0.377. The molecule has 0 aromatic heterocycles. The number of amides is 2. The monoisotopic (exact) mass is 540 g/mol. The van der Waals surface area contributed by atoms with Crippen molar-refractivity contribution >= 4 is 17.6 Å². The zero-order chi connectivity index (χ0) is 28.9. The highest BCUT2D eigenvalue weighted by atomic mass is 19.1. The van der Waals surface area contributed by atoms with Crippen LogP contribution in [0.1, 0.15) is 68.4 Å². The second kappa shape index (κ2) is 12.6. The fourth-order valence-electron chi connectivity index (χ4n) is 4.93. The molecule has 0 bridgehead atoms. The molecule has 1 aliphatic heterocycles. The molecule has 1 unspecified atom stereocenters. The molecule has 2 amide bonds. The molecule has 2 N–H and O–H groups in total. The van der Waals surface area contributed by atoms with E-state index >= 15 is 0 Å². The van der Waals surface area contributed by atoms with E-state index in [0.717, 1.165) is 33.6 Å². The number of rotatable bonds is 11. The number of ketones is 1. The molecule has 39 heavy (non-hydrogen) atoms. The number of halogens is 1. The highest BCUT2D eigenvalue weighted by molar-refractivity contribution is 5.95. The van der Waals surface area contributed by atoms with Gasteiger partial charge in [0.15, 0.2) is 11.4 Å². The third kappa shape index (κ3) is 6.60. The van der Waals surface area contributed by atoms with Gasteiger partial charge in [0.05, 0.1) is 6.04 Å². The summed E-state index contributed by atoms with van der Waals surface area (Å²) in [7, 11) is 0. The van der Waals surface area contributed by atoms with Crippen molar-refractivity contribution in [2.24, 2.45) is 5.92 Å². The Morgan fingerprint density at radius 1 is 1.05 bits per heavy atom. The molecule has 0 aliphatic carbocycles. The molecular weight excluding hydrogens is 499 g/mol. The van der Waals surface area contributed by atoms with Gasteiger partial charge in [0.2, 0.25) is 5.91 Å². The molecule has 7 nitrogen and oxygen atoms in total. The minimum Gasteiger partial charge on any atom is -0.488 e. The molecule has 2 aromatic carbocycles. The third-order valence-electron chi connectivity index (χ3n) is 7.68. The summed E-state index contributed by atoms with van der Waals surface area (Å²) in [4.78, 5) is 38.3. The lowest BCUT2D eigenvalue weighted by Crippen LogP contribution is -2.59. The zero-order valence-electron chi connectivity index (χ0n) is 24.1. The predicted molar refractivity (Wildman–Crippen MR) is 149 cm³/mol. The van der Waals surface area contributed by atoms with Crippen LogP contribution >= 0.6 is 0 Å². The number of hydrogen-bond donors (Lipinski definition) is 2. The van der Waals surface area contributed by atoms with Crippen molar-refractivity contribution in [3.05, 3.63) is 58.1 Å². The third-order valence-corrected chi connectivity index (χ3v) is 7.68. The molecule has 0 saturated carbocycles. The van der Waals surface area contributed by atoms with Gasteiger partial charge in [0.25, 0.3) is 5.91 Å². The number of benzene rings is 2. The van der Waals surface area contributed by atoms with E-state index in [4.69, 9.17) is 9.47 Å². The predicted octanol–water partition coefficient (Wildman–Crippen LogP) is 4.85. The Bertz CT molecular complexity index is 1210. The van der Waals surface area contributed by atoms with Gasteiger partial charge in [-0.05, 0) is 68.7 Å². The van der Waals surface area contributed by atoms with Crippen molar-refractivity contribution in [2.75, 3.05) is 6.67 Å². The molecule has 2 aromatic rings. The first-order valence-corrected chi connectivity index (χ1v) is 13.6. The number of alkyl halides is 1. The van der Waals surface area contributed by atoms with E-state index in [1.54, 1.807) is 27.7 Å². The van der Waals surface area contributed by atoms with Crippen molar-refractivity contribution in [3.63, 3.8) is 0 Å². The van der Waals surface area contributed by atoms with Crippen molar-refractivity contribution in [1.29, 1.82) is 0 Å². The van der Waals surface area contributed by atoms with Crippen LogP contribution in [-0.2, 0) is 27.4 Å². The van der Waals surface area contributed by atoms with Crippen LogP contribution in [0.25, 0.3) is 0 Å². The fraction of sp³-hybridized carbons (Fsp3) is 0.516. The number of fused-ring (bicyclic) bond motifs is 1. The molecule has 0 spiro atoms. The molecule has 3 rings (SSSR count). The van der Waals surface area contributed by atoms with Gasteiger partial charge in [-0.2, -0.15) is 0 Å². The van der Waals surface area contributed by atoms with Gasteiger partial charge in [-0.3, -0.25) is 14.4 Å². The van der Waals surface area contributed by atoms with E-state index in [1.165, 1.54) is 0 Å². The van der Waals surface area contributed by atoms with Crippen molar-refractivity contribution < 1.29 is 28.2 Å². The average molecular weight is 541 g/mol. The first-order valence-electron chi connectivity index (χ1n) is 13.6. The summed E-state index contributed by atoms with van der Waals surface area (Å²) < 4.78 is 25.5. The average Bonchev–Trinajstić information content (AvgIpc) is 2.92. The van der Waals surface area contributed by atoms with Gasteiger partial charge in [0.1, 0.15) is 30.8 Å². The Morgan fingerprint density at radius 2 is 1.72 bits per heavy atom. The summed E-state index contributed by atoms with van der Waals surface area (Å²) in [5.41, 5.74) is 3.75. The van der Waals surface area contributed by atoms with Gasteiger partial charge in [-0.25, -0.2) is 4.39 Å². The number of carbonyl (C=O) groups is 3. The molecule has 1 heterocycles. The maximum Gasteiger partial charge on any atom is 0.264 e. The molecule has 0 radical (unpaired) electrons. The summed E-state index contributed by atoms with van der Waals surface area (Å²) >= 11 is 0. The summed E-state index contributed by atoms with van der Waals surface area (Å²) in [5, 5.41) is 5.43. The van der Waals surface area contributed by atoms with Gasteiger partial charge in [-0.15, -0.1) is 0 Å². The number of carbonyl (C=O) groups excluding carboxylic acids is 3. The van der Waals surface area contributed by atoms with E-state index in [2.05, 4.69) is 10.6 Å². The van der Waals surface area contributed by atoms with Gasteiger partial charge >= 0.3 is 0 Å². The van der Waals surface area contributed by atoms with E-state index < -0.39 is 42.0 Å². The SMILES string of the molecule is CCC(NC(=O)[C@@H](NC(=O)[C@]1(C)CCc2c(C)c(OCc3ccccc3)c(C)c(C)c2O1)C(C)C)C(=O)CF. The second-order valence-electron chi connectivity index (χ2n) is 10.9. The van der Waals surface area contributed by atoms with Crippen molar-refractivity contribution in [3.8, 4) is 11.5 Å². The topological polar surface area (TPSA) is 93.7 Å². The highest BCUT2D eigenvalue weighted by Crippen LogP contribution is 2.44. The zero-order valence-corrected chi connectivity index (χ0v) is 24.1. The Kier molecular flexibility index (Phi) is 9.75. The molecule has 3 atom stereocenters. The molecular formula is C31H41FN2O5. The Balaban J connectivity index is 1.80. The van der Waals surface area contributed by atoms with Gasteiger partial charge < -0.3 is 20.1 Å². The lowest BCUT2D eigenvalue weighted by Gasteiger charge is -2.38. The number of nitrogens with one attached hydrogen (secondary N) is 2. The van der Waals surface area contributed by atoms with Crippen LogP contribution in [0.5, 0.6) is 11.5 Å². The van der Waals surface area contributed by atoms with Crippen LogP contribution in [0.4, 0.5) is 4.39 Å². The summed E-state index contributed by atoms with van der Waals surface area (Å²) in [6, 6.07) is 8.15. The van der Waals surface area contributed by atoms with E-state index in [-0.39, 0.29) is 12.3 Å². The smallest absolute Gasteiger partial charge is 0.264 e. The largest absolute Gasteiger partial charge is 0.488 e. The minimum absolute atomic E-state index is 0.262. The number of hydrogen-bond acceptors (Lipinski definition) is 5. The van der Waals surface area contributed by atoms with E-state index in [1.807, 2.05) is 51.1 Å². The van der Waals surface area contributed by atoms with Crippen LogP contribution in [0.2, 0.25) is 0 Å². The van der Waals surface area contributed by atoms with Crippen LogP contribution < -0.4 is 20.1 Å². The van der Waals surface area contributed by atoms with Crippen LogP contribution in [0.15, 0.2) is 30.3 Å². The molecule has 8 heteroatoms. The van der Waals surface area contributed by atoms with E-state index in [9.17, 15) is 18.8 Å². The number of ether oxygens (including phenoxy) is 2. The van der Waals surface area contributed by atoms with Crippen molar-refractivity contribution in [2.45, 2.75) is 92.0 Å². The second-order valence-corrected chi connectivity index (χ2v) is 10.9. The normalized spacial score (nSPS) is 18.0. The molecule has 0 saturated heterocycles. The minimum atomic E-state index is -1.20. The van der Waals surface area contributed by atoms with Gasteiger partial charge in [-0.1, -0.05) is 51.1 Å². The number of Topliss-reactive ketones (excluding diaryl/α,β-unsaturated/α-hetero) is 1. The van der Waals surface area contributed by atoms with Crippen LogP contribution in [0.3, 0.4) is 0 Å². The molecule has 212 valence electrons. The standard InChI is InChI=1S/C31H41FN2O5/c1-8-24(25(35)16-32)33-29(36)26(18(2)3)34-30(37)31(7)15-14-23-21(6)27(19(4)20(5)28(23)39-31)38-17-22-12-10-9-11-13-22/h9-13,18,24,26H,8,14-17H2,1-7H3,(H,33,36)(H,34,37)/t24?,26-,31-/m0/s1. The quantitative estimate of drug-likeness (QED) is 0.425. The maximum atomic E-state index is 13.5. The fourth-order valence-corrected chi connectivity index (χ4v) is 4.93. The highest BCUT2D eigenvalue weighted by Gasteiger charge is 2.43. The molecule has 1 aliphatic rings. The lowest BCUT2D eigenvalue weighted by atomic mass is 9.86. The lowest BCUT2D eigenvalue weighted by molar-refractivity contribution is -0.141.